The second-order valence-corrected chi connectivity index (χ2v) is 14.0. The molecule has 0 aliphatic heterocycles. The van der Waals surface area contributed by atoms with Crippen molar-refractivity contribution in [3.63, 3.8) is 0 Å². The highest BCUT2D eigenvalue weighted by molar-refractivity contribution is 6.13. The average Bonchev–Trinajstić information content (AvgIpc) is 3.69. The Morgan fingerprint density at radius 3 is 1.77 bits per heavy atom. The summed E-state index contributed by atoms with van der Waals surface area (Å²) in [4.78, 5) is 15.4. The average molecular weight is 668 g/mol. The van der Waals surface area contributed by atoms with E-state index >= 15 is 0 Å². The van der Waals surface area contributed by atoms with Crippen molar-refractivity contribution in [3.8, 4) is 67.5 Å². The van der Waals surface area contributed by atoms with Gasteiger partial charge >= 0.3 is 0 Å². The van der Waals surface area contributed by atoms with Crippen LogP contribution in [0.4, 0.5) is 0 Å². The molecule has 0 fully saturated rings. The third-order valence-corrected chi connectivity index (χ3v) is 10.6. The van der Waals surface area contributed by atoms with E-state index in [2.05, 4.69) is 141 Å². The van der Waals surface area contributed by atoms with E-state index in [1.54, 1.807) is 0 Å². The molecular weight excluding hydrogens is 635 g/mol. The molecule has 246 valence electrons. The molecule has 0 unspecified atom stereocenters. The molecule has 0 atom stereocenters. The Kier molecular flexibility index (Phi) is 6.80. The van der Waals surface area contributed by atoms with Gasteiger partial charge in [-0.2, -0.15) is 0 Å². The van der Waals surface area contributed by atoms with Crippen molar-refractivity contribution < 1.29 is 4.42 Å². The largest absolute Gasteiger partial charge is 0.456 e. The maximum absolute atomic E-state index is 6.51. The molecule has 0 saturated heterocycles. The molecule has 7 aromatic carbocycles. The summed E-state index contributed by atoms with van der Waals surface area (Å²) in [5, 5.41) is 2.21. The third kappa shape index (κ3) is 4.79. The Morgan fingerprint density at radius 2 is 0.981 bits per heavy atom. The number of hydrogen-bond donors (Lipinski definition) is 0. The van der Waals surface area contributed by atoms with Crippen LogP contribution in [-0.2, 0) is 5.41 Å². The zero-order chi connectivity index (χ0) is 34.8. The van der Waals surface area contributed by atoms with Crippen LogP contribution in [0.1, 0.15) is 25.0 Å². The predicted octanol–water partition coefficient (Wildman–Crippen LogP) is 12.4. The van der Waals surface area contributed by atoms with Crippen LogP contribution in [-0.4, -0.2) is 15.0 Å². The number of furan rings is 1. The number of aromatic nitrogens is 3. The number of hydrogen-bond acceptors (Lipinski definition) is 4. The molecule has 0 amide bonds. The summed E-state index contributed by atoms with van der Waals surface area (Å²) >= 11 is 0. The van der Waals surface area contributed by atoms with Gasteiger partial charge in [-0.1, -0.05) is 153 Å². The number of benzene rings is 7. The first-order chi connectivity index (χ1) is 25.5. The van der Waals surface area contributed by atoms with Crippen molar-refractivity contribution in [2.24, 2.45) is 0 Å². The molecule has 10 rings (SSSR count). The van der Waals surface area contributed by atoms with Crippen LogP contribution in [0.3, 0.4) is 0 Å². The predicted molar refractivity (Wildman–Crippen MR) is 212 cm³/mol. The maximum atomic E-state index is 6.51. The minimum absolute atomic E-state index is 0.135. The van der Waals surface area contributed by atoms with Crippen LogP contribution in [0.25, 0.3) is 89.5 Å². The van der Waals surface area contributed by atoms with E-state index in [4.69, 9.17) is 19.4 Å². The standard InChI is InChI=1S/C48H33N3O/c1-48(2)40-22-12-11-19-36(40)37-26-25-33(28-41(37)48)46-49-45(31-16-7-4-8-17-31)50-47(51-46)38-20-10-9-18-34(38)32-24-27-39-43(29-32)52-42-23-13-21-35(44(39)42)30-14-5-3-6-15-30/h3-29H,1-2H3. The van der Waals surface area contributed by atoms with Crippen LogP contribution >= 0.6 is 0 Å². The van der Waals surface area contributed by atoms with E-state index in [1.165, 1.54) is 27.8 Å². The maximum Gasteiger partial charge on any atom is 0.164 e. The summed E-state index contributed by atoms with van der Waals surface area (Å²) in [6.45, 7) is 4.60. The van der Waals surface area contributed by atoms with Gasteiger partial charge in [0.05, 0.1) is 0 Å². The topological polar surface area (TPSA) is 51.8 Å². The fourth-order valence-electron chi connectivity index (χ4n) is 7.97. The lowest BCUT2D eigenvalue weighted by Gasteiger charge is -2.21. The van der Waals surface area contributed by atoms with Gasteiger partial charge in [0.25, 0.3) is 0 Å². The van der Waals surface area contributed by atoms with Crippen molar-refractivity contribution >= 4 is 21.9 Å². The molecule has 2 aromatic heterocycles. The number of rotatable bonds is 5. The highest BCUT2D eigenvalue weighted by Crippen LogP contribution is 2.49. The van der Waals surface area contributed by atoms with E-state index in [1.807, 2.05) is 36.4 Å². The molecule has 9 aromatic rings. The van der Waals surface area contributed by atoms with E-state index in [9.17, 15) is 0 Å². The molecule has 0 radical (unpaired) electrons. The highest BCUT2D eigenvalue weighted by Gasteiger charge is 2.35. The zero-order valence-electron chi connectivity index (χ0n) is 28.8. The number of fused-ring (bicyclic) bond motifs is 6. The Labute approximate surface area is 302 Å². The van der Waals surface area contributed by atoms with Crippen molar-refractivity contribution in [1.29, 1.82) is 0 Å². The molecule has 1 aliphatic rings. The summed E-state index contributed by atoms with van der Waals surface area (Å²) in [7, 11) is 0. The fraction of sp³-hybridized carbons (Fsp3) is 0.0625. The lowest BCUT2D eigenvalue weighted by molar-refractivity contribution is 0.660. The summed E-state index contributed by atoms with van der Waals surface area (Å²) in [5.41, 5.74) is 14.0. The zero-order valence-corrected chi connectivity index (χ0v) is 28.8. The van der Waals surface area contributed by atoms with Crippen molar-refractivity contribution in [3.05, 3.63) is 175 Å². The van der Waals surface area contributed by atoms with Crippen molar-refractivity contribution in [2.75, 3.05) is 0 Å². The SMILES string of the molecule is CC1(C)c2ccccc2-c2ccc(-c3nc(-c4ccccc4)nc(-c4ccccc4-c4ccc5c(c4)oc4cccc(-c6ccccc6)c45)n3)cc21. The van der Waals surface area contributed by atoms with Gasteiger partial charge in [-0.05, 0) is 68.8 Å². The van der Waals surface area contributed by atoms with E-state index < -0.39 is 0 Å². The number of nitrogens with zero attached hydrogens (tertiary/aromatic N) is 3. The summed E-state index contributed by atoms with van der Waals surface area (Å²) in [6.07, 6.45) is 0. The molecule has 0 saturated carbocycles. The van der Waals surface area contributed by atoms with Crippen LogP contribution in [0.2, 0.25) is 0 Å². The van der Waals surface area contributed by atoms with Gasteiger partial charge in [-0.25, -0.2) is 15.0 Å². The molecule has 0 bridgehead atoms. The van der Waals surface area contributed by atoms with Gasteiger partial charge < -0.3 is 4.42 Å². The van der Waals surface area contributed by atoms with E-state index in [-0.39, 0.29) is 5.41 Å². The molecular formula is C48H33N3O. The minimum Gasteiger partial charge on any atom is -0.456 e. The fourth-order valence-corrected chi connectivity index (χ4v) is 7.97. The second-order valence-electron chi connectivity index (χ2n) is 14.0. The van der Waals surface area contributed by atoms with Crippen LogP contribution in [0.15, 0.2) is 168 Å². The van der Waals surface area contributed by atoms with Gasteiger partial charge in [-0.3, -0.25) is 0 Å². The Bertz CT molecular complexity index is 2820. The second kappa shape index (κ2) is 11.7. The van der Waals surface area contributed by atoms with Crippen LogP contribution in [0, 0.1) is 0 Å². The van der Waals surface area contributed by atoms with Gasteiger partial charge in [0.2, 0.25) is 0 Å². The third-order valence-electron chi connectivity index (χ3n) is 10.6. The van der Waals surface area contributed by atoms with E-state index in [0.717, 1.165) is 55.3 Å². The summed E-state index contributed by atoms with van der Waals surface area (Å²) < 4.78 is 6.51. The minimum atomic E-state index is -0.135. The molecule has 0 N–H and O–H groups in total. The van der Waals surface area contributed by atoms with Gasteiger partial charge in [-0.15, -0.1) is 0 Å². The molecule has 0 spiro atoms. The van der Waals surface area contributed by atoms with Gasteiger partial charge in [0, 0.05) is 32.9 Å². The quantitative estimate of drug-likeness (QED) is 0.183. The molecule has 52 heavy (non-hydrogen) atoms. The van der Waals surface area contributed by atoms with Crippen LogP contribution < -0.4 is 0 Å². The Hall–Kier alpha value is -6.65. The molecule has 1 aliphatic carbocycles. The normalized spacial score (nSPS) is 13.0. The van der Waals surface area contributed by atoms with Gasteiger partial charge in [0.1, 0.15) is 11.2 Å². The lowest BCUT2D eigenvalue weighted by atomic mass is 9.82. The molecule has 4 nitrogen and oxygen atoms in total. The highest BCUT2D eigenvalue weighted by atomic mass is 16.3. The van der Waals surface area contributed by atoms with Crippen LogP contribution in [0.5, 0.6) is 0 Å². The van der Waals surface area contributed by atoms with Crippen molar-refractivity contribution in [1.82, 2.24) is 15.0 Å². The monoisotopic (exact) mass is 667 g/mol. The molecule has 4 heteroatoms. The smallest absolute Gasteiger partial charge is 0.164 e. The van der Waals surface area contributed by atoms with Crippen molar-refractivity contribution in [2.45, 2.75) is 19.3 Å². The first-order valence-electron chi connectivity index (χ1n) is 17.7. The first-order valence-corrected chi connectivity index (χ1v) is 17.7. The molecule has 2 heterocycles. The summed E-state index contributed by atoms with van der Waals surface area (Å²) in [5.74, 6) is 1.91. The Morgan fingerprint density at radius 1 is 0.385 bits per heavy atom. The lowest BCUT2D eigenvalue weighted by Crippen LogP contribution is -2.15. The summed E-state index contributed by atoms with van der Waals surface area (Å²) in [6, 6.07) is 57.1. The van der Waals surface area contributed by atoms with Gasteiger partial charge in [0.15, 0.2) is 17.5 Å². The first kappa shape index (κ1) is 30.2. The van der Waals surface area contributed by atoms with E-state index in [0.29, 0.717) is 17.5 Å². The Balaban J connectivity index is 1.12.